The maximum atomic E-state index is 11.3. The van der Waals surface area contributed by atoms with Crippen LogP contribution in [0.5, 0.6) is 0 Å². The van der Waals surface area contributed by atoms with E-state index in [0.717, 1.165) is 22.7 Å². The molecule has 0 saturated heterocycles. The minimum Gasteiger partial charge on any atom is -0.477 e. The van der Waals surface area contributed by atoms with Crippen molar-refractivity contribution in [1.82, 2.24) is 5.32 Å². The quantitative estimate of drug-likeness (QED) is 0.414. The molecule has 0 aromatic rings. The van der Waals surface area contributed by atoms with Crippen LogP contribution >= 0.6 is 23.5 Å². The van der Waals surface area contributed by atoms with Gasteiger partial charge in [-0.3, -0.25) is 0 Å². The highest BCUT2D eigenvalue weighted by atomic mass is 32.2. The maximum Gasteiger partial charge on any atom is 0.343 e. The molecule has 2 heterocycles. The second-order valence-corrected chi connectivity index (χ2v) is 7.28. The number of hydrogen-bond donors (Lipinski definition) is 3. The van der Waals surface area contributed by atoms with Gasteiger partial charge in [-0.25, -0.2) is 9.59 Å². The Morgan fingerprint density at radius 3 is 2.43 bits per heavy atom. The molecule has 2 rings (SSSR count). The normalized spacial score (nSPS) is 25.5. The van der Waals surface area contributed by atoms with E-state index >= 15 is 0 Å². The average Bonchev–Trinajstić information content (AvgIpc) is 2.70. The molecule has 2 aliphatic rings. The van der Waals surface area contributed by atoms with Gasteiger partial charge in [-0.1, -0.05) is 13.8 Å². The van der Waals surface area contributed by atoms with Crippen LogP contribution in [-0.4, -0.2) is 45.7 Å². The van der Waals surface area contributed by atoms with Gasteiger partial charge in [0.1, 0.15) is 5.57 Å². The molecule has 2 aliphatic heterocycles. The van der Waals surface area contributed by atoms with E-state index in [1.807, 2.05) is 0 Å². The summed E-state index contributed by atoms with van der Waals surface area (Å²) in [6.07, 6.45) is 1.96. The molecule has 2 unspecified atom stereocenters. The van der Waals surface area contributed by atoms with Crippen molar-refractivity contribution >= 4 is 35.5 Å². The fraction of sp³-hybridized carbons (Fsp3) is 0.571. The van der Waals surface area contributed by atoms with Crippen molar-refractivity contribution in [2.75, 3.05) is 12.3 Å². The Morgan fingerprint density at radius 2 is 1.90 bits per heavy atom. The van der Waals surface area contributed by atoms with E-state index in [1.165, 1.54) is 0 Å². The van der Waals surface area contributed by atoms with Crippen LogP contribution in [0.25, 0.3) is 0 Å². The zero-order chi connectivity index (χ0) is 15.6. The summed E-state index contributed by atoms with van der Waals surface area (Å²) in [6, 6.07) is 0.366. The third-order valence-electron chi connectivity index (χ3n) is 3.73. The smallest absolute Gasteiger partial charge is 0.343 e. The van der Waals surface area contributed by atoms with E-state index in [2.05, 4.69) is 19.2 Å². The van der Waals surface area contributed by atoms with Gasteiger partial charge < -0.3 is 15.5 Å². The molecule has 0 bridgehead atoms. The van der Waals surface area contributed by atoms with Crippen molar-refractivity contribution in [2.45, 2.75) is 38.0 Å². The zero-order valence-corrected chi connectivity index (χ0v) is 13.6. The van der Waals surface area contributed by atoms with Crippen LogP contribution in [0.15, 0.2) is 21.0 Å². The third-order valence-corrected chi connectivity index (χ3v) is 6.68. The summed E-state index contributed by atoms with van der Waals surface area (Å²) in [4.78, 5) is 24.5. The molecule has 3 N–H and O–H groups in total. The minimum atomic E-state index is -1.36. The van der Waals surface area contributed by atoms with Crippen molar-refractivity contribution in [3.63, 3.8) is 0 Å². The summed E-state index contributed by atoms with van der Waals surface area (Å²) in [6.45, 7) is 4.92. The van der Waals surface area contributed by atoms with E-state index in [4.69, 9.17) is 0 Å². The first-order valence-electron chi connectivity index (χ1n) is 6.95. The number of thioether (sulfide) groups is 2. The summed E-state index contributed by atoms with van der Waals surface area (Å²) < 4.78 is 0. The van der Waals surface area contributed by atoms with Gasteiger partial charge in [0.25, 0.3) is 0 Å². The van der Waals surface area contributed by atoms with Crippen molar-refractivity contribution in [3.05, 3.63) is 21.0 Å². The molecule has 0 saturated carbocycles. The van der Waals surface area contributed by atoms with E-state index in [-0.39, 0.29) is 0 Å². The topological polar surface area (TPSA) is 86.6 Å². The number of aliphatic carboxylic acids is 2. The first-order valence-corrected chi connectivity index (χ1v) is 8.82. The second kappa shape index (κ2) is 6.89. The fourth-order valence-corrected chi connectivity index (χ4v) is 5.53. The van der Waals surface area contributed by atoms with Gasteiger partial charge in [0.15, 0.2) is 0 Å². The van der Waals surface area contributed by atoms with Crippen LogP contribution in [-0.2, 0) is 9.59 Å². The van der Waals surface area contributed by atoms with Gasteiger partial charge in [0, 0.05) is 33.4 Å². The van der Waals surface area contributed by atoms with Gasteiger partial charge in [0.05, 0.1) is 0 Å². The number of allylic oxidation sites excluding steroid dienone is 1. The van der Waals surface area contributed by atoms with Gasteiger partial charge in [-0.15, -0.1) is 23.5 Å². The lowest BCUT2D eigenvalue weighted by molar-refractivity contribution is -0.140. The first-order chi connectivity index (χ1) is 9.99. The Labute approximate surface area is 132 Å². The zero-order valence-electron chi connectivity index (χ0n) is 12.0. The number of rotatable bonds is 4. The van der Waals surface area contributed by atoms with Gasteiger partial charge in [-0.05, 0) is 18.4 Å². The molecule has 0 aliphatic carbocycles. The Balaban J connectivity index is 2.42. The fourth-order valence-electron chi connectivity index (χ4n) is 2.63. The van der Waals surface area contributed by atoms with E-state index in [9.17, 15) is 19.8 Å². The average molecular weight is 329 g/mol. The number of nitrogens with one attached hydrogen (secondary N) is 1. The molecule has 116 valence electrons. The monoisotopic (exact) mass is 329 g/mol. The summed E-state index contributed by atoms with van der Waals surface area (Å²) in [5.41, 5.74) is -0.0122. The van der Waals surface area contributed by atoms with Crippen LogP contribution in [0.4, 0.5) is 0 Å². The molecular formula is C14H19NO4S2. The molecule has 0 fully saturated rings. The van der Waals surface area contributed by atoms with Crippen LogP contribution in [0.1, 0.15) is 26.7 Å². The lowest BCUT2D eigenvalue weighted by Gasteiger charge is -2.24. The number of carboxylic acid groups (broad SMARTS) is 2. The van der Waals surface area contributed by atoms with E-state index in [0.29, 0.717) is 29.2 Å². The third kappa shape index (κ3) is 3.30. The molecule has 7 heteroatoms. The predicted octanol–water partition coefficient (Wildman–Crippen LogP) is 2.30. The Bertz CT molecular complexity index is 511. The highest BCUT2D eigenvalue weighted by Crippen LogP contribution is 2.47. The summed E-state index contributed by atoms with van der Waals surface area (Å²) >= 11 is 3.19. The lowest BCUT2D eigenvalue weighted by atomic mass is 10.1. The van der Waals surface area contributed by atoms with E-state index in [1.54, 1.807) is 23.5 Å². The van der Waals surface area contributed by atoms with Crippen molar-refractivity contribution in [2.24, 2.45) is 0 Å². The molecule has 21 heavy (non-hydrogen) atoms. The van der Waals surface area contributed by atoms with E-state index < -0.39 is 17.5 Å². The molecule has 2 atom stereocenters. The molecule has 0 aromatic heterocycles. The molecule has 0 aromatic carbocycles. The van der Waals surface area contributed by atoms with Crippen molar-refractivity contribution < 1.29 is 19.8 Å². The van der Waals surface area contributed by atoms with Crippen LogP contribution in [0.2, 0.25) is 0 Å². The van der Waals surface area contributed by atoms with Crippen LogP contribution in [0.3, 0.4) is 0 Å². The highest BCUT2D eigenvalue weighted by molar-refractivity contribution is 8.08. The number of carboxylic acids is 2. The minimum absolute atomic E-state index is 0.333. The van der Waals surface area contributed by atoms with Gasteiger partial charge in [0.2, 0.25) is 0 Å². The van der Waals surface area contributed by atoms with Crippen LogP contribution < -0.4 is 5.32 Å². The summed E-state index contributed by atoms with van der Waals surface area (Å²) in [7, 11) is 0. The Kier molecular flexibility index (Phi) is 5.40. The standard InChI is InChI=1S/C14H19NO4S2/c1-3-8-9(4-2)21-12-7(6-20-10(12)5-15-8)11(13(16)17)14(18)19/h8-9,15H,3-6H2,1-2H3,(H,16,17)(H,18,19). The largest absolute Gasteiger partial charge is 0.477 e. The molecule has 5 nitrogen and oxygen atoms in total. The molecule has 0 spiro atoms. The van der Waals surface area contributed by atoms with Gasteiger partial charge in [-0.2, -0.15) is 0 Å². The predicted molar refractivity (Wildman–Crippen MR) is 85.5 cm³/mol. The molecule has 0 radical (unpaired) electrons. The maximum absolute atomic E-state index is 11.3. The number of carbonyl (C=O) groups is 2. The SMILES string of the molecule is CCC1NCC2=C(SC1CC)C(=C(C(=O)O)C(=O)O)CS2. The molecule has 0 amide bonds. The summed E-state index contributed by atoms with van der Waals surface area (Å²) in [5.74, 6) is -2.28. The lowest BCUT2D eigenvalue weighted by Crippen LogP contribution is -2.36. The van der Waals surface area contributed by atoms with Gasteiger partial charge >= 0.3 is 11.9 Å². The summed E-state index contributed by atoms with van der Waals surface area (Å²) in [5, 5.41) is 22.2. The Morgan fingerprint density at radius 1 is 1.24 bits per heavy atom. The van der Waals surface area contributed by atoms with Crippen molar-refractivity contribution in [3.8, 4) is 0 Å². The highest BCUT2D eigenvalue weighted by Gasteiger charge is 2.35. The van der Waals surface area contributed by atoms with Crippen LogP contribution in [0, 0.1) is 0 Å². The van der Waals surface area contributed by atoms with Crippen molar-refractivity contribution in [1.29, 1.82) is 0 Å². The Hall–Kier alpha value is -0.920. The molecular weight excluding hydrogens is 310 g/mol. The number of hydrogen-bond acceptors (Lipinski definition) is 5. The second-order valence-electron chi connectivity index (χ2n) is 4.97. The first kappa shape index (κ1) is 16.5.